The van der Waals surface area contributed by atoms with E-state index in [1.807, 2.05) is 114 Å². The van der Waals surface area contributed by atoms with Crippen molar-refractivity contribution in [2.75, 3.05) is 0 Å². The third-order valence-electron chi connectivity index (χ3n) is 23.8. The van der Waals surface area contributed by atoms with Crippen molar-refractivity contribution < 1.29 is 13.3 Å². The van der Waals surface area contributed by atoms with Gasteiger partial charge in [-0.2, -0.15) is 0 Å². The molecular formula is C110H62N8O3S2. The minimum atomic E-state index is 0.577. The first-order valence-electron chi connectivity index (χ1n) is 40.9. The Labute approximate surface area is 709 Å². The SMILES string of the molecule is c1ccc(-c2nc(-c3ccc(-c4cc5c(-c6ccccc6)nc6ccccc6c5c5c4oc4ccccc45)cc3)nc(-c3ccc4sc5ccccc5c4c3)n2)cc1.c1ccc(-c2nc3ccccc3c3c2cc(-c2ccc(-c4nc(-c5ccc6oc7ccccc7c6c5)nc(-c5ccc6oc7ccccc7c6c5)n4)cc2)c2sc4ccccc4c23)cc1. The van der Waals surface area contributed by atoms with Crippen LogP contribution in [0.3, 0.4) is 0 Å². The maximum absolute atomic E-state index is 6.78. The number of pyridine rings is 2. The summed E-state index contributed by atoms with van der Waals surface area (Å²) in [5.41, 5.74) is 20.7. The molecule has 0 saturated heterocycles. The van der Waals surface area contributed by atoms with Gasteiger partial charge >= 0.3 is 0 Å². The molecule has 0 N–H and O–H groups in total. The quantitative estimate of drug-likeness (QED) is 0.121. The lowest BCUT2D eigenvalue weighted by Gasteiger charge is -2.15. The van der Waals surface area contributed by atoms with Gasteiger partial charge in [-0.25, -0.2) is 39.9 Å². The van der Waals surface area contributed by atoms with E-state index in [0.29, 0.717) is 34.9 Å². The Morgan fingerprint density at radius 1 is 0.179 bits per heavy atom. The minimum absolute atomic E-state index is 0.577. The summed E-state index contributed by atoms with van der Waals surface area (Å²) in [5, 5.41) is 18.1. The molecule has 13 heteroatoms. The molecule has 0 aliphatic carbocycles. The molecule has 123 heavy (non-hydrogen) atoms. The molecule has 0 bridgehead atoms. The third kappa shape index (κ3) is 11.8. The number of benzene rings is 17. The maximum atomic E-state index is 6.78. The van der Waals surface area contributed by atoms with Crippen LogP contribution in [-0.2, 0) is 0 Å². The standard InChI is InChI=1S/C58H32N4O2S.C52H30N4OS/c1-2-12-34(13-3-1)54-45-32-42(55-53(41-17-7-11-21-51(41)65-55)52(45)40-16-4-8-18-46(40)59-54)33-22-24-35(25-23-33)56-60-57(36-26-28-49-43(30-36)38-14-5-9-19-47(38)63-49)62-58(61-56)37-27-29-50-44(31-37)39-15-6-10-20-48(39)64-50;1-3-13-32(14-4-1)48-41-30-39(49-47(38-19-8-11-21-43(38)57-49)46(41)37-18-7-10-20-42(37)53-48)31-23-25-34(26-24-31)51-54-50(33-15-5-2-6-16-33)55-52(56-51)35-27-28-45-40(29-35)36-17-9-12-22-44(36)58-45/h1-32H;1-30H. The Morgan fingerprint density at radius 2 is 0.520 bits per heavy atom. The Balaban J connectivity index is 0.000000136. The fourth-order valence-corrected chi connectivity index (χ4v) is 20.4. The normalized spacial score (nSPS) is 11.9. The number of fused-ring (bicyclic) bond motifs is 23. The summed E-state index contributed by atoms with van der Waals surface area (Å²) in [6, 6.07) is 131. The predicted octanol–water partition coefficient (Wildman–Crippen LogP) is 30.3. The molecule has 0 radical (unpaired) electrons. The van der Waals surface area contributed by atoms with Crippen LogP contribution in [0.2, 0.25) is 0 Å². The van der Waals surface area contributed by atoms with Gasteiger partial charge in [-0.3, -0.25) is 0 Å². The van der Waals surface area contributed by atoms with Crippen LogP contribution in [-0.4, -0.2) is 39.9 Å². The number of hydrogen-bond donors (Lipinski definition) is 0. The van der Waals surface area contributed by atoms with Gasteiger partial charge in [0.2, 0.25) is 0 Å². The van der Waals surface area contributed by atoms with Crippen LogP contribution < -0.4 is 0 Å². The molecule has 0 aliphatic heterocycles. The van der Waals surface area contributed by atoms with Crippen LogP contribution in [0.1, 0.15) is 0 Å². The van der Waals surface area contributed by atoms with Gasteiger partial charge in [0.05, 0.1) is 22.4 Å². The van der Waals surface area contributed by atoms with E-state index in [-0.39, 0.29) is 0 Å². The first kappa shape index (κ1) is 70.0. The zero-order valence-corrected chi connectivity index (χ0v) is 67.0. The average Bonchev–Trinajstić information content (AvgIpc) is 1.70. The van der Waals surface area contributed by atoms with Crippen LogP contribution in [0.4, 0.5) is 0 Å². The van der Waals surface area contributed by atoms with Crippen LogP contribution in [0, 0.1) is 0 Å². The number of nitrogens with zero attached hydrogens (tertiary/aromatic N) is 8. The summed E-state index contributed by atoms with van der Waals surface area (Å²) in [5.74, 6) is 3.61. The molecule has 0 amide bonds. The monoisotopic (exact) mass is 1610 g/mol. The largest absolute Gasteiger partial charge is 0.456 e. The molecule has 11 nitrogen and oxygen atoms in total. The average molecular weight is 1610 g/mol. The third-order valence-corrected chi connectivity index (χ3v) is 26.2. The Hall–Kier alpha value is -16.1. The van der Waals surface area contributed by atoms with E-state index < -0.39 is 0 Å². The summed E-state index contributed by atoms with van der Waals surface area (Å²) in [6.07, 6.45) is 0. The van der Waals surface area contributed by atoms with Crippen LogP contribution >= 0.6 is 22.7 Å². The van der Waals surface area contributed by atoms with Crippen LogP contribution in [0.5, 0.6) is 0 Å². The molecule has 0 saturated carbocycles. The molecule has 572 valence electrons. The van der Waals surface area contributed by atoms with Gasteiger partial charge < -0.3 is 13.3 Å². The maximum Gasteiger partial charge on any atom is 0.164 e. The number of furan rings is 3. The smallest absolute Gasteiger partial charge is 0.164 e. The van der Waals surface area contributed by atoms with Crippen molar-refractivity contribution in [2.45, 2.75) is 0 Å². The second kappa shape index (κ2) is 28.3. The second-order valence-electron chi connectivity index (χ2n) is 31.0. The number of rotatable bonds is 10. The van der Waals surface area contributed by atoms with Crippen LogP contribution in [0.15, 0.2) is 389 Å². The lowest BCUT2D eigenvalue weighted by Crippen LogP contribution is -2.00. The van der Waals surface area contributed by atoms with E-state index in [1.165, 1.54) is 45.7 Å². The van der Waals surface area contributed by atoms with Gasteiger partial charge in [0.25, 0.3) is 0 Å². The molecule has 17 aromatic carbocycles. The minimum Gasteiger partial charge on any atom is -0.456 e. The topological polar surface area (TPSA) is 143 Å². The molecule has 0 spiro atoms. The van der Waals surface area contributed by atoms with E-state index in [1.54, 1.807) is 11.3 Å². The molecule has 26 aromatic rings. The zero-order valence-electron chi connectivity index (χ0n) is 65.4. The molecular weight excluding hydrogens is 1550 g/mol. The van der Waals surface area contributed by atoms with Crippen molar-refractivity contribution in [1.29, 1.82) is 0 Å². The predicted molar refractivity (Wildman–Crippen MR) is 507 cm³/mol. The van der Waals surface area contributed by atoms with Crippen molar-refractivity contribution in [1.82, 2.24) is 39.9 Å². The highest BCUT2D eigenvalue weighted by Crippen LogP contribution is 2.51. The Kier molecular flexibility index (Phi) is 16.1. The molecule has 26 rings (SSSR count). The number of aromatic nitrogens is 8. The van der Waals surface area contributed by atoms with E-state index >= 15 is 0 Å². The molecule has 9 aromatic heterocycles. The highest BCUT2D eigenvalue weighted by molar-refractivity contribution is 7.26. The highest BCUT2D eigenvalue weighted by Gasteiger charge is 2.26. The molecule has 0 atom stereocenters. The fourth-order valence-electron chi connectivity index (χ4n) is 18.0. The van der Waals surface area contributed by atoms with Crippen molar-refractivity contribution in [3.8, 4) is 113 Å². The van der Waals surface area contributed by atoms with Crippen molar-refractivity contribution in [3.05, 3.63) is 376 Å². The molecule has 0 aliphatic rings. The van der Waals surface area contributed by atoms with E-state index in [0.717, 1.165) is 182 Å². The number of thiophene rings is 2. The molecule has 9 heterocycles. The lowest BCUT2D eigenvalue weighted by molar-refractivity contribution is 0.668. The Bertz CT molecular complexity index is 8690. The van der Waals surface area contributed by atoms with Crippen molar-refractivity contribution >= 4 is 172 Å². The summed E-state index contributed by atoms with van der Waals surface area (Å²) in [7, 11) is 0. The fraction of sp³-hybridized carbons (Fsp3) is 0. The summed E-state index contributed by atoms with van der Waals surface area (Å²) in [4.78, 5) is 41.4. The summed E-state index contributed by atoms with van der Waals surface area (Å²) < 4.78 is 24.2. The highest BCUT2D eigenvalue weighted by atomic mass is 32.1. The summed E-state index contributed by atoms with van der Waals surface area (Å²) >= 11 is 3.65. The number of para-hydroxylation sites is 5. The van der Waals surface area contributed by atoms with E-state index in [2.05, 4.69) is 273 Å². The number of hydrogen-bond acceptors (Lipinski definition) is 13. The molecule has 0 unspecified atom stereocenters. The first-order valence-corrected chi connectivity index (χ1v) is 42.5. The van der Waals surface area contributed by atoms with E-state index in [9.17, 15) is 0 Å². The van der Waals surface area contributed by atoms with Crippen molar-refractivity contribution in [3.63, 3.8) is 0 Å². The Morgan fingerprint density at radius 3 is 1.04 bits per heavy atom. The van der Waals surface area contributed by atoms with Gasteiger partial charge in [0.15, 0.2) is 34.9 Å². The second-order valence-corrected chi connectivity index (χ2v) is 33.2. The van der Waals surface area contributed by atoms with Gasteiger partial charge in [-0.1, -0.05) is 267 Å². The summed E-state index contributed by atoms with van der Waals surface area (Å²) in [6.45, 7) is 0. The van der Waals surface area contributed by atoms with Crippen molar-refractivity contribution in [2.24, 2.45) is 0 Å². The lowest BCUT2D eigenvalue weighted by atomic mass is 9.91. The first-order chi connectivity index (χ1) is 60.9. The van der Waals surface area contributed by atoms with Crippen LogP contribution in [0.25, 0.3) is 263 Å². The van der Waals surface area contributed by atoms with Gasteiger partial charge in [-0.15, -0.1) is 22.7 Å². The van der Waals surface area contributed by atoms with Gasteiger partial charge in [0.1, 0.15) is 33.5 Å². The van der Waals surface area contributed by atoms with Gasteiger partial charge in [-0.05, 0) is 120 Å². The zero-order chi connectivity index (χ0) is 80.7. The molecule has 0 fully saturated rings. The van der Waals surface area contributed by atoms with E-state index in [4.69, 9.17) is 53.1 Å². The van der Waals surface area contributed by atoms with Gasteiger partial charge in [0, 0.05) is 161 Å².